The molecule has 0 amide bonds. The quantitative estimate of drug-likeness (QED) is 0.858. The number of carbonyl (C=O) groups is 1. The van der Waals surface area contributed by atoms with Crippen LogP contribution in [0.3, 0.4) is 0 Å². The molecule has 0 aliphatic heterocycles. The first-order valence-corrected chi connectivity index (χ1v) is 6.83. The number of benzene rings is 2. The average molecular weight is 266 g/mol. The second-order valence-electron chi connectivity index (χ2n) is 3.82. The van der Waals surface area contributed by atoms with Gasteiger partial charge in [0.15, 0.2) is 0 Å². The van der Waals surface area contributed by atoms with Crippen LogP contribution in [0.2, 0.25) is 0 Å². The van der Waals surface area contributed by atoms with Crippen LogP contribution in [-0.2, 0) is 10.1 Å². The monoisotopic (exact) mass is 266 g/mol. The molecule has 2 rings (SSSR count). The summed E-state index contributed by atoms with van der Waals surface area (Å²) in [7, 11) is -3.56. The number of carboxylic acid groups (broad SMARTS) is 1. The fourth-order valence-electron chi connectivity index (χ4n) is 1.58. The molecule has 0 radical (unpaired) electrons. The zero-order valence-corrected chi connectivity index (χ0v) is 10.3. The van der Waals surface area contributed by atoms with Crippen molar-refractivity contribution in [2.24, 2.45) is 0 Å². The van der Waals surface area contributed by atoms with Crippen molar-refractivity contribution in [3.8, 4) is 5.75 Å². The van der Waals surface area contributed by atoms with Crippen LogP contribution in [-0.4, -0.2) is 25.7 Å². The molecule has 2 aromatic rings. The van der Waals surface area contributed by atoms with Crippen molar-refractivity contribution in [1.29, 1.82) is 0 Å². The Kier molecular flexibility index (Phi) is 2.96. The molecule has 1 N–H and O–H groups in total. The lowest BCUT2D eigenvalue weighted by molar-refractivity contribution is 0.0697. The Morgan fingerprint density at radius 2 is 1.72 bits per heavy atom. The van der Waals surface area contributed by atoms with E-state index in [4.69, 9.17) is 9.29 Å². The lowest BCUT2D eigenvalue weighted by atomic mass is 10.1. The molecule has 0 heterocycles. The smallest absolute Gasteiger partial charge is 0.335 e. The van der Waals surface area contributed by atoms with Gasteiger partial charge in [0.05, 0.1) is 11.8 Å². The molecule has 0 aromatic heterocycles. The number of hydrogen-bond donors (Lipinski definition) is 1. The van der Waals surface area contributed by atoms with Gasteiger partial charge < -0.3 is 9.29 Å². The Bertz CT molecular complexity index is 718. The van der Waals surface area contributed by atoms with Gasteiger partial charge in [0.25, 0.3) is 0 Å². The minimum Gasteiger partial charge on any atom is -0.478 e. The minimum atomic E-state index is -3.56. The molecule has 0 spiro atoms. The SMILES string of the molecule is CS(=O)(=O)Oc1ccc2cc(C(=O)O)ccc2c1. The van der Waals surface area contributed by atoms with Crippen LogP contribution in [0.5, 0.6) is 5.75 Å². The first kappa shape index (κ1) is 12.4. The molecule has 18 heavy (non-hydrogen) atoms. The van der Waals surface area contributed by atoms with E-state index in [1.54, 1.807) is 18.2 Å². The molecule has 6 heteroatoms. The van der Waals surface area contributed by atoms with Gasteiger partial charge >= 0.3 is 16.1 Å². The van der Waals surface area contributed by atoms with Crippen LogP contribution in [0.1, 0.15) is 10.4 Å². The summed E-state index contributed by atoms with van der Waals surface area (Å²) >= 11 is 0. The molecule has 0 aliphatic rings. The molecular weight excluding hydrogens is 256 g/mol. The molecular formula is C12H10O5S. The van der Waals surface area contributed by atoms with Gasteiger partial charge in [0.1, 0.15) is 5.75 Å². The van der Waals surface area contributed by atoms with E-state index in [9.17, 15) is 13.2 Å². The normalized spacial score (nSPS) is 11.4. The van der Waals surface area contributed by atoms with Crippen LogP contribution in [0.25, 0.3) is 10.8 Å². The summed E-state index contributed by atoms with van der Waals surface area (Å²) in [5.41, 5.74) is 0.180. The highest BCUT2D eigenvalue weighted by Gasteiger charge is 2.07. The van der Waals surface area contributed by atoms with Crippen molar-refractivity contribution in [2.45, 2.75) is 0 Å². The molecule has 0 fully saturated rings. The first-order valence-electron chi connectivity index (χ1n) is 5.02. The summed E-state index contributed by atoms with van der Waals surface area (Å²) < 4.78 is 26.7. The van der Waals surface area contributed by atoms with Gasteiger partial charge in [-0.3, -0.25) is 0 Å². The van der Waals surface area contributed by atoms with Crippen LogP contribution in [0.15, 0.2) is 36.4 Å². The fraction of sp³-hybridized carbons (Fsp3) is 0.0833. The van der Waals surface area contributed by atoms with E-state index in [1.165, 1.54) is 18.2 Å². The molecule has 2 aromatic carbocycles. The van der Waals surface area contributed by atoms with Crippen molar-refractivity contribution in [1.82, 2.24) is 0 Å². The third kappa shape index (κ3) is 2.78. The van der Waals surface area contributed by atoms with Gasteiger partial charge in [0.2, 0.25) is 0 Å². The van der Waals surface area contributed by atoms with E-state index in [0.29, 0.717) is 10.8 Å². The van der Waals surface area contributed by atoms with Gasteiger partial charge in [0, 0.05) is 0 Å². The van der Waals surface area contributed by atoms with Gasteiger partial charge in [-0.25, -0.2) is 4.79 Å². The van der Waals surface area contributed by atoms with E-state index < -0.39 is 16.1 Å². The topological polar surface area (TPSA) is 80.7 Å². The van der Waals surface area contributed by atoms with Gasteiger partial charge in [-0.1, -0.05) is 12.1 Å². The average Bonchev–Trinajstić information content (AvgIpc) is 2.26. The third-order valence-corrected chi connectivity index (χ3v) is 2.80. The van der Waals surface area contributed by atoms with Crippen LogP contribution in [0, 0.1) is 0 Å². The Labute approximate surface area is 104 Å². The zero-order valence-electron chi connectivity index (χ0n) is 9.45. The van der Waals surface area contributed by atoms with Crippen molar-refractivity contribution in [3.05, 3.63) is 42.0 Å². The van der Waals surface area contributed by atoms with Crippen LogP contribution in [0.4, 0.5) is 0 Å². The summed E-state index contributed by atoms with van der Waals surface area (Å²) in [4.78, 5) is 10.8. The second-order valence-corrected chi connectivity index (χ2v) is 5.39. The molecule has 0 atom stereocenters. The van der Waals surface area contributed by atoms with Gasteiger partial charge in [-0.05, 0) is 35.0 Å². The molecule has 0 saturated carbocycles. The molecule has 94 valence electrons. The lowest BCUT2D eigenvalue weighted by Gasteiger charge is -2.05. The van der Waals surface area contributed by atoms with Crippen molar-refractivity contribution < 1.29 is 22.5 Å². The lowest BCUT2D eigenvalue weighted by Crippen LogP contribution is -2.05. The van der Waals surface area contributed by atoms with Crippen molar-refractivity contribution in [3.63, 3.8) is 0 Å². The van der Waals surface area contributed by atoms with E-state index in [1.807, 2.05) is 0 Å². The van der Waals surface area contributed by atoms with E-state index in [-0.39, 0.29) is 11.3 Å². The highest BCUT2D eigenvalue weighted by molar-refractivity contribution is 7.86. The molecule has 5 nitrogen and oxygen atoms in total. The molecule has 0 unspecified atom stereocenters. The maximum absolute atomic E-state index is 11.0. The Morgan fingerprint density at radius 1 is 1.11 bits per heavy atom. The first-order chi connectivity index (χ1) is 8.35. The molecule has 0 aliphatic carbocycles. The summed E-state index contributed by atoms with van der Waals surface area (Å²) in [6, 6.07) is 9.21. The summed E-state index contributed by atoms with van der Waals surface area (Å²) in [5.74, 6) is -0.804. The number of hydrogen-bond acceptors (Lipinski definition) is 4. The van der Waals surface area contributed by atoms with Gasteiger partial charge in [-0.2, -0.15) is 8.42 Å². The summed E-state index contributed by atoms with van der Waals surface area (Å²) in [6.45, 7) is 0. The fourth-order valence-corrected chi connectivity index (χ4v) is 2.04. The third-order valence-electron chi connectivity index (χ3n) is 2.31. The summed E-state index contributed by atoms with van der Waals surface area (Å²) in [6.07, 6.45) is 0.963. The highest BCUT2D eigenvalue weighted by atomic mass is 32.2. The Hall–Kier alpha value is -2.08. The molecule has 0 bridgehead atoms. The minimum absolute atomic E-state index is 0.180. The van der Waals surface area contributed by atoms with Crippen LogP contribution < -0.4 is 4.18 Å². The van der Waals surface area contributed by atoms with E-state index >= 15 is 0 Å². The number of rotatable bonds is 3. The van der Waals surface area contributed by atoms with Crippen molar-refractivity contribution in [2.75, 3.05) is 6.26 Å². The van der Waals surface area contributed by atoms with Gasteiger partial charge in [-0.15, -0.1) is 0 Å². The maximum Gasteiger partial charge on any atom is 0.335 e. The molecule has 0 saturated heterocycles. The van der Waals surface area contributed by atoms with Crippen LogP contribution >= 0.6 is 0 Å². The Morgan fingerprint density at radius 3 is 2.33 bits per heavy atom. The predicted octanol–water partition coefficient (Wildman–Crippen LogP) is 1.88. The number of carboxylic acids is 1. The predicted molar refractivity (Wildman–Crippen MR) is 66.4 cm³/mol. The number of fused-ring (bicyclic) bond motifs is 1. The highest BCUT2D eigenvalue weighted by Crippen LogP contribution is 2.22. The van der Waals surface area contributed by atoms with E-state index in [2.05, 4.69) is 0 Å². The maximum atomic E-state index is 11.0. The second kappa shape index (κ2) is 4.30. The van der Waals surface area contributed by atoms with Crippen molar-refractivity contribution >= 4 is 26.9 Å². The Balaban J connectivity index is 2.47. The number of aromatic carboxylic acids is 1. The zero-order chi connectivity index (χ0) is 13.3. The van der Waals surface area contributed by atoms with E-state index in [0.717, 1.165) is 6.26 Å². The summed E-state index contributed by atoms with van der Waals surface area (Å²) in [5, 5.41) is 10.3. The largest absolute Gasteiger partial charge is 0.478 e. The standard InChI is InChI=1S/C12H10O5S/c1-18(15,16)17-11-5-4-8-6-10(12(13)14)3-2-9(8)7-11/h2-7H,1H3,(H,13,14).